The molecule has 0 saturated heterocycles. The van der Waals surface area contributed by atoms with Gasteiger partial charge >= 0.3 is 0 Å². The third-order valence-electron chi connectivity index (χ3n) is 3.05. The molecular weight excluding hydrogens is 346 g/mol. The zero-order chi connectivity index (χ0) is 15.1. The summed E-state index contributed by atoms with van der Waals surface area (Å²) in [7, 11) is 1.72. The van der Waals surface area contributed by atoms with Crippen molar-refractivity contribution in [1.29, 1.82) is 0 Å². The number of rotatable bonds is 7. The smallest absolute Gasteiger partial charge is 0.0587 e. The number of ether oxygens (including phenoxy) is 1. The highest BCUT2D eigenvalue weighted by Crippen LogP contribution is 2.31. The van der Waals surface area contributed by atoms with E-state index in [4.69, 9.17) is 4.74 Å². The van der Waals surface area contributed by atoms with E-state index in [1.54, 1.807) is 18.9 Å². The first-order chi connectivity index (χ1) is 10.2. The summed E-state index contributed by atoms with van der Waals surface area (Å²) in [6.07, 6.45) is 0. The molecule has 0 radical (unpaired) electrons. The third kappa shape index (κ3) is 5.47. The summed E-state index contributed by atoms with van der Waals surface area (Å²) in [5.41, 5.74) is 2.55. The number of nitrogens with one attached hydrogen (secondary N) is 1. The first-order valence-electron chi connectivity index (χ1n) is 6.91. The van der Waals surface area contributed by atoms with Crippen LogP contribution < -0.4 is 5.32 Å². The lowest BCUT2D eigenvalue weighted by atomic mass is 10.2. The quantitative estimate of drug-likeness (QED) is 0.721. The molecule has 0 aliphatic heterocycles. The first kappa shape index (κ1) is 16.6. The maximum Gasteiger partial charge on any atom is 0.0587 e. The molecular formula is C17H20BrNOS. The molecule has 0 aliphatic rings. The van der Waals surface area contributed by atoms with Crippen LogP contribution in [0, 0.1) is 6.92 Å². The Morgan fingerprint density at radius 1 is 1.14 bits per heavy atom. The Hall–Kier alpha value is -0.810. The molecule has 0 amide bonds. The monoisotopic (exact) mass is 365 g/mol. The van der Waals surface area contributed by atoms with Gasteiger partial charge in [-0.3, -0.25) is 0 Å². The van der Waals surface area contributed by atoms with Crippen molar-refractivity contribution in [2.75, 3.05) is 20.3 Å². The fourth-order valence-corrected chi connectivity index (χ4v) is 3.59. The molecule has 0 spiro atoms. The lowest BCUT2D eigenvalue weighted by molar-refractivity contribution is 0.199. The van der Waals surface area contributed by atoms with Gasteiger partial charge in [-0.2, -0.15) is 0 Å². The largest absolute Gasteiger partial charge is 0.383 e. The van der Waals surface area contributed by atoms with Crippen molar-refractivity contribution < 1.29 is 4.74 Å². The van der Waals surface area contributed by atoms with Crippen LogP contribution in [-0.2, 0) is 11.3 Å². The summed E-state index contributed by atoms with van der Waals surface area (Å²) in [6.45, 7) is 4.57. The van der Waals surface area contributed by atoms with Gasteiger partial charge in [0, 0.05) is 34.5 Å². The van der Waals surface area contributed by atoms with Crippen LogP contribution in [0.5, 0.6) is 0 Å². The van der Waals surface area contributed by atoms with Crippen molar-refractivity contribution >= 4 is 27.7 Å². The highest BCUT2D eigenvalue weighted by Gasteiger charge is 2.03. The number of benzene rings is 2. The van der Waals surface area contributed by atoms with E-state index in [9.17, 15) is 0 Å². The molecule has 2 aromatic rings. The molecule has 21 heavy (non-hydrogen) atoms. The van der Waals surface area contributed by atoms with Crippen molar-refractivity contribution in [3.8, 4) is 0 Å². The average molecular weight is 366 g/mol. The number of methoxy groups -OCH3 is 1. The second-order valence-corrected chi connectivity index (χ2v) is 6.84. The van der Waals surface area contributed by atoms with Gasteiger partial charge in [-0.15, -0.1) is 0 Å². The van der Waals surface area contributed by atoms with Crippen LogP contribution in [0.25, 0.3) is 0 Å². The molecule has 0 aliphatic carbocycles. The predicted octanol–water partition coefficient (Wildman–Crippen LogP) is 4.64. The summed E-state index contributed by atoms with van der Waals surface area (Å²) >= 11 is 5.45. The van der Waals surface area contributed by atoms with E-state index in [2.05, 4.69) is 70.6 Å². The first-order valence-corrected chi connectivity index (χ1v) is 8.52. The van der Waals surface area contributed by atoms with Crippen LogP contribution in [-0.4, -0.2) is 20.3 Å². The molecule has 2 nitrogen and oxygen atoms in total. The fraction of sp³-hybridized carbons (Fsp3) is 0.294. The lowest BCUT2D eigenvalue weighted by Crippen LogP contribution is -2.18. The van der Waals surface area contributed by atoms with Crippen molar-refractivity contribution in [1.82, 2.24) is 5.32 Å². The van der Waals surface area contributed by atoms with Gasteiger partial charge in [0.2, 0.25) is 0 Å². The lowest BCUT2D eigenvalue weighted by Gasteiger charge is -2.09. The maximum atomic E-state index is 5.03. The minimum absolute atomic E-state index is 0.735. The van der Waals surface area contributed by atoms with Gasteiger partial charge in [0.25, 0.3) is 0 Å². The predicted molar refractivity (Wildman–Crippen MR) is 93.0 cm³/mol. The molecule has 0 saturated carbocycles. The van der Waals surface area contributed by atoms with Crippen molar-refractivity contribution in [2.24, 2.45) is 0 Å². The van der Waals surface area contributed by atoms with Gasteiger partial charge in [0.05, 0.1) is 6.61 Å². The van der Waals surface area contributed by atoms with E-state index in [0.29, 0.717) is 0 Å². The van der Waals surface area contributed by atoms with Crippen LogP contribution in [0.4, 0.5) is 0 Å². The van der Waals surface area contributed by atoms with Crippen LogP contribution >= 0.6 is 27.7 Å². The van der Waals surface area contributed by atoms with Crippen LogP contribution in [0.2, 0.25) is 0 Å². The second kappa shape index (κ2) is 8.59. The normalized spacial score (nSPS) is 10.8. The van der Waals surface area contributed by atoms with Gasteiger partial charge in [-0.1, -0.05) is 51.5 Å². The minimum Gasteiger partial charge on any atom is -0.383 e. The zero-order valence-electron chi connectivity index (χ0n) is 12.4. The highest BCUT2D eigenvalue weighted by molar-refractivity contribution is 9.10. The van der Waals surface area contributed by atoms with Crippen LogP contribution in [0.15, 0.2) is 56.7 Å². The van der Waals surface area contributed by atoms with E-state index in [1.165, 1.54) is 20.9 Å². The Morgan fingerprint density at radius 2 is 1.95 bits per heavy atom. The molecule has 1 N–H and O–H groups in total. The Bertz CT molecular complexity index is 589. The molecule has 0 fully saturated rings. The Morgan fingerprint density at radius 3 is 2.67 bits per heavy atom. The molecule has 2 aromatic carbocycles. The molecule has 0 unspecified atom stereocenters. The van der Waals surface area contributed by atoms with E-state index >= 15 is 0 Å². The van der Waals surface area contributed by atoms with E-state index in [1.807, 2.05) is 0 Å². The summed E-state index contributed by atoms with van der Waals surface area (Å²) in [5, 5.41) is 3.36. The van der Waals surface area contributed by atoms with Gasteiger partial charge in [-0.25, -0.2) is 0 Å². The zero-order valence-corrected chi connectivity index (χ0v) is 14.8. The topological polar surface area (TPSA) is 21.3 Å². The summed E-state index contributed by atoms with van der Waals surface area (Å²) in [4.78, 5) is 2.51. The SMILES string of the molecule is COCCNCc1ccc(Sc2cccc(C)c2)cc1Br. The van der Waals surface area contributed by atoms with Crippen molar-refractivity contribution in [3.63, 3.8) is 0 Å². The van der Waals surface area contributed by atoms with Crippen LogP contribution in [0.1, 0.15) is 11.1 Å². The van der Waals surface area contributed by atoms with E-state index < -0.39 is 0 Å². The van der Waals surface area contributed by atoms with Crippen LogP contribution in [0.3, 0.4) is 0 Å². The molecule has 0 bridgehead atoms. The Balaban J connectivity index is 1.98. The second-order valence-electron chi connectivity index (χ2n) is 4.84. The Kier molecular flexibility index (Phi) is 6.77. The van der Waals surface area contributed by atoms with Gasteiger partial charge in [0.1, 0.15) is 0 Å². The van der Waals surface area contributed by atoms with Gasteiger partial charge in [0.15, 0.2) is 0 Å². The number of hydrogen-bond donors (Lipinski definition) is 1. The highest BCUT2D eigenvalue weighted by atomic mass is 79.9. The molecule has 0 atom stereocenters. The van der Waals surface area contributed by atoms with E-state index in [-0.39, 0.29) is 0 Å². The molecule has 4 heteroatoms. The number of halogens is 1. The van der Waals surface area contributed by atoms with E-state index in [0.717, 1.165) is 24.2 Å². The van der Waals surface area contributed by atoms with Crippen molar-refractivity contribution in [3.05, 3.63) is 58.1 Å². The fourth-order valence-electron chi connectivity index (χ4n) is 1.95. The number of aryl methyl sites for hydroxylation is 1. The average Bonchev–Trinajstić information content (AvgIpc) is 2.45. The summed E-state index contributed by atoms with van der Waals surface area (Å²) in [6, 6.07) is 15.1. The maximum absolute atomic E-state index is 5.03. The molecule has 0 heterocycles. The molecule has 0 aromatic heterocycles. The summed E-state index contributed by atoms with van der Waals surface area (Å²) < 4.78 is 6.17. The van der Waals surface area contributed by atoms with Gasteiger partial charge in [-0.05, 0) is 36.8 Å². The van der Waals surface area contributed by atoms with Crippen molar-refractivity contribution in [2.45, 2.75) is 23.3 Å². The molecule has 112 valence electrons. The standard InChI is InChI=1S/C17H20BrNOS/c1-13-4-3-5-15(10-13)21-16-7-6-14(17(18)11-16)12-19-8-9-20-2/h3-7,10-11,19H,8-9,12H2,1-2H3. The number of hydrogen-bond acceptors (Lipinski definition) is 3. The summed E-state index contributed by atoms with van der Waals surface area (Å²) in [5.74, 6) is 0. The third-order valence-corrected chi connectivity index (χ3v) is 4.77. The Labute approximate surface area is 139 Å². The van der Waals surface area contributed by atoms with Gasteiger partial charge < -0.3 is 10.1 Å². The minimum atomic E-state index is 0.735. The molecule has 2 rings (SSSR count).